The molecule has 2 aromatic heterocycles. The number of benzene rings is 1. The van der Waals surface area contributed by atoms with E-state index in [1.54, 1.807) is 4.68 Å². The van der Waals surface area contributed by atoms with E-state index < -0.39 is 5.97 Å². The molecule has 2 heterocycles. The molecule has 25 heavy (non-hydrogen) atoms. The molecule has 0 unspecified atom stereocenters. The summed E-state index contributed by atoms with van der Waals surface area (Å²) in [5.41, 5.74) is 5.52. The van der Waals surface area contributed by atoms with E-state index in [4.69, 9.17) is 0 Å². The molecule has 1 N–H and O–H groups in total. The molecule has 5 heteroatoms. The number of rotatable bonds is 3. The molecule has 1 saturated carbocycles. The predicted molar refractivity (Wildman–Crippen MR) is 93.0 cm³/mol. The molecule has 1 fully saturated rings. The SMILES string of the molecule is Cc1ccc(-c2ccc(-n3nc(C(=O)O)c4c3[C@H]3C[C@H]3C4)nc2)cc1. The second kappa shape index (κ2) is 5.02. The van der Waals surface area contributed by atoms with Crippen molar-refractivity contribution in [3.8, 4) is 16.9 Å². The summed E-state index contributed by atoms with van der Waals surface area (Å²) in [6.07, 6.45) is 3.80. The van der Waals surface area contributed by atoms with Crippen molar-refractivity contribution in [2.75, 3.05) is 0 Å². The summed E-state index contributed by atoms with van der Waals surface area (Å²) in [6, 6.07) is 12.3. The maximum absolute atomic E-state index is 11.5. The monoisotopic (exact) mass is 331 g/mol. The van der Waals surface area contributed by atoms with Crippen LogP contribution in [-0.4, -0.2) is 25.8 Å². The Morgan fingerprint density at radius 1 is 1.16 bits per heavy atom. The largest absolute Gasteiger partial charge is 0.476 e. The Bertz CT molecular complexity index is 987. The molecule has 0 bridgehead atoms. The van der Waals surface area contributed by atoms with Gasteiger partial charge in [-0.1, -0.05) is 29.8 Å². The van der Waals surface area contributed by atoms with Crippen molar-refractivity contribution < 1.29 is 9.90 Å². The van der Waals surface area contributed by atoms with Crippen molar-refractivity contribution in [3.05, 3.63) is 65.1 Å². The molecular formula is C20H17N3O2. The van der Waals surface area contributed by atoms with Crippen molar-refractivity contribution in [3.63, 3.8) is 0 Å². The van der Waals surface area contributed by atoms with Crippen LogP contribution in [0.2, 0.25) is 0 Å². The van der Waals surface area contributed by atoms with Gasteiger partial charge in [0.05, 0.1) is 5.69 Å². The zero-order valence-corrected chi connectivity index (χ0v) is 13.8. The van der Waals surface area contributed by atoms with E-state index >= 15 is 0 Å². The summed E-state index contributed by atoms with van der Waals surface area (Å²) in [5, 5.41) is 13.8. The smallest absolute Gasteiger partial charge is 0.356 e. The maximum Gasteiger partial charge on any atom is 0.356 e. The number of hydrogen-bond donors (Lipinski definition) is 1. The number of aryl methyl sites for hydroxylation is 1. The molecule has 0 spiro atoms. The molecule has 5 rings (SSSR count). The van der Waals surface area contributed by atoms with Crippen molar-refractivity contribution in [1.29, 1.82) is 0 Å². The number of carbonyl (C=O) groups is 1. The Labute approximate surface area is 145 Å². The van der Waals surface area contributed by atoms with Crippen LogP contribution in [0.25, 0.3) is 16.9 Å². The molecular weight excluding hydrogens is 314 g/mol. The molecule has 5 nitrogen and oxygen atoms in total. The fourth-order valence-corrected chi connectivity index (χ4v) is 3.89. The number of nitrogens with zero attached hydrogens (tertiary/aromatic N) is 3. The van der Waals surface area contributed by atoms with Gasteiger partial charge in [0.25, 0.3) is 0 Å². The molecule has 0 amide bonds. The summed E-state index contributed by atoms with van der Waals surface area (Å²) in [4.78, 5) is 16.1. The second-order valence-electron chi connectivity index (χ2n) is 7.01. The molecule has 0 saturated heterocycles. The molecule has 124 valence electrons. The van der Waals surface area contributed by atoms with Gasteiger partial charge in [0, 0.05) is 23.2 Å². The van der Waals surface area contributed by atoms with Crippen LogP contribution >= 0.6 is 0 Å². The van der Waals surface area contributed by atoms with Gasteiger partial charge in [-0.25, -0.2) is 14.5 Å². The number of carboxylic acids is 1. The Hall–Kier alpha value is -2.95. The molecule has 2 aliphatic carbocycles. The van der Waals surface area contributed by atoms with E-state index in [0.717, 1.165) is 35.2 Å². The van der Waals surface area contributed by atoms with E-state index in [1.807, 2.05) is 18.3 Å². The van der Waals surface area contributed by atoms with Crippen LogP contribution in [0.1, 0.15) is 39.6 Å². The van der Waals surface area contributed by atoms with Gasteiger partial charge in [0.2, 0.25) is 0 Å². The zero-order chi connectivity index (χ0) is 17.1. The fraction of sp³-hybridized carbons (Fsp3) is 0.250. The lowest BCUT2D eigenvalue weighted by Gasteiger charge is -2.07. The van der Waals surface area contributed by atoms with Crippen LogP contribution in [-0.2, 0) is 6.42 Å². The number of pyridine rings is 1. The molecule has 2 aliphatic rings. The number of fused-ring (bicyclic) bond motifs is 3. The summed E-state index contributed by atoms with van der Waals surface area (Å²) in [5.74, 6) is 0.790. The normalized spacial score (nSPS) is 20.2. The first kappa shape index (κ1) is 14.4. The van der Waals surface area contributed by atoms with Gasteiger partial charge >= 0.3 is 5.97 Å². The van der Waals surface area contributed by atoms with Crippen molar-refractivity contribution in [2.24, 2.45) is 5.92 Å². The van der Waals surface area contributed by atoms with Crippen LogP contribution in [0.15, 0.2) is 42.6 Å². The Kier molecular flexibility index (Phi) is 2.89. The van der Waals surface area contributed by atoms with E-state index in [9.17, 15) is 9.90 Å². The molecule has 2 atom stereocenters. The summed E-state index contributed by atoms with van der Waals surface area (Å²) >= 11 is 0. The first-order valence-electron chi connectivity index (χ1n) is 8.50. The highest BCUT2D eigenvalue weighted by molar-refractivity contribution is 5.88. The lowest BCUT2D eigenvalue weighted by molar-refractivity contribution is 0.0688. The predicted octanol–water partition coefficient (Wildman–Crippen LogP) is 3.60. The minimum atomic E-state index is -0.951. The van der Waals surface area contributed by atoms with E-state index in [2.05, 4.69) is 41.3 Å². The first-order chi connectivity index (χ1) is 12.1. The first-order valence-corrected chi connectivity index (χ1v) is 8.50. The van der Waals surface area contributed by atoms with Crippen LogP contribution < -0.4 is 0 Å². The van der Waals surface area contributed by atoms with E-state index in [0.29, 0.717) is 17.7 Å². The fourth-order valence-electron chi connectivity index (χ4n) is 3.89. The van der Waals surface area contributed by atoms with E-state index in [-0.39, 0.29) is 5.69 Å². The average molecular weight is 331 g/mol. The minimum absolute atomic E-state index is 0.187. The standard InChI is InChI=1S/C20H17N3O2/c1-11-2-4-12(5-3-11)13-6-7-17(21-10-13)23-19-15-8-14(15)9-16(19)18(22-23)20(24)25/h2-7,10,14-15H,8-9H2,1H3,(H,24,25)/t14-,15-/m0/s1. The summed E-state index contributed by atoms with van der Waals surface area (Å²) in [6.45, 7) is 2.06. The van der Waals surface area contributed by atoms with Crippen molar-refractivity contribution in [1.82, 2.24) is 14.8 Å². The van der Waals surface area contributed by atoms with E-state index in [1.165, 1.54) is 5.56 Å². The lowest BCUT2D eigenvalue weighted by Crippen LogP contribution is -2.05. The topological polar surface area (TPSA) is 68.0 Å². The Morgan fingerprint density at radius 2 is 1.92 bits per heavy atom. The van der Waals surface area contributed by atoms with Gasteiger partial charge in [0.1, 0.15) is 0 Å². The maximum atomic E-state index is 11.5. The van der Waals surface area contributed by atoms with Crippen LogP contribution in [0.5, 0.6) is 0 Å². The van der Waals surface area contributed by atoms with Gasteiger partial charge in [-0.05, 0) is 43.4 Å². The van der Waals surface area contributed by atoms with Crippen LogP contribution in [0, 0.1) is 12.8 Å². The van der Waals surface area contributed by atoms with Gasteiger partial charge < -0.3 is 5.11 Å². The van der Waals surface area contributed by atoms with Gasteiger partial charge in [-0.15, -0.1) is 0 Å². The number of hydrogen-bond acceptors (Lipinski definition) is 3. The lowest BCUT2D eigenvalue weighted by atomic mass is 10.1. The van der Waals surface area contributed by atoms with Crippen molar-refractivity contribution in [2.45, 2.75) is 25.7 Å². The summed E-state index contributed by atoms with van der Waals surface area (Å²) in [7, 11) is 0. The van der Waals surface area contributed by atoms with Crippen molar-refractivity contribution >= 4 is 5.97 Å². The summed E-state index contributed by atoms with van der Waals surface area (Å²) < 4.78 is 1.75. The molecule has 1 aromatic carbocycles. The van der Waals surface area contributed by atoms with Gasteiger partial charge in [0.15, 0.2) is 11.5 Å². The Morgan fingerprint density at radius 3 is 2.60 bits per heavy atom. The van der Waals surface area contributed by atoms with Gasteiger partial charge in [-0.3, -0.25) is 0 Å². The van der Waals surface area contributed by atoms with Crippen LogP contribution in [0.3, 0.4) is 0 Å². The third kappa shape index (κ3) is 2.19. The number of aromatic nitrogens is 3. The molecule has 0 radical (unpaired) electrons. The average Bonchev–Trinajstić information content (AvgIpc) is 3.11. The Balaban J connectivity index is 1.55. The quantitative estimate of drug-likeness (QED) is 0.796. The zero-order valence-electron chi connectivity index (χ0n) is 13.8. The minimum Gasteiger partial charge on any atom is -0.476 e. The van der Waals surface area contributed by atoms with Gasteiger partial charge in [-0.2, -0.15) is 5.10 Å². The number of aromatic carboxylic acids is 1. The highest BCUT2D eigenvalue weighted by Gasteiger charge is 2.50. The number of carboxylic acid groups (broad SMARTS) is 1. The molecule has 3 aromatic rings. The highest BCUT2D eigenvalue weighted by Crippen LogP contribution is 2.57. The molecule has 0 aliphatic heterocycles. The highest BCUT2D eigenvalue weighted by atomic mass is 16.4. The third-order valence-corrected chi connectivity index (χ3v) is 5.32. The van der Waals surface area contributed by atoms with Crippen LogP contribution in [0.4, 0.5) is 0 Å². The second-order valence-corrected chi connectivity index (χ2v) is 7.01. The third-order valence-electron chi connectivity index (χ3n) is 5.32.